The van der Waals surface area contributed by atoms with E-state index in [2.05, 4.69) is 14.7 Å². The SMILES string of the molecule is CC1CCCCN1C(N)=NC(N)=Nc1ccc(OC(F)(F)F)c(F)c1.Cl. The Bertz CT molecular complexity index is 680. The molecule has 0 radical (unpaired) electrons. The molecule has 1 heterocycles. The smallest absolute Gasteiger partial charge is 0.403 e. The number of nitrogens with zero attached hydrogens (tertiary/aromatic N) is 3. The predicted molar refractivity (Wildman–Crippen MR) is 93.3 cm³/mol. The average molecular weight is 398 g/mol. The highest BCUT2D eigenvalue weighted by molar-refractivity contribution is 5.94. The number of alkyl halides is 3. The van der Waals surface area contributed by atoms with Gasteiger partial charge in [0.15, 0.2) is 17.5 Å². The molecule has 1 atom stereocenters. The monoisotopic (exact) mass is 397 g/mol. The minimum absolute atomic E-state index is 0. The summed E-state index contributed by atoms with van der Waals surface area (Å²) >= 11 is 0. The molecule has 1 unspecified atom stereocenters. The third kappa shape index (κ3) is 6.25. The van der Waals surface area contributed by atoms with Gasteiger partial charge in [0.25, 0.3) is 0 Å². The van der Waals surface area contributed by atoms with Gasteiger partial charge >= 0.3 is 6.36 Å². The molecule has 1 fully saturated rings. The number of rotatable bonds is 2. The largest absolute Gasteiger partial charge is 0.573 e. The number of aliphatic imine (C=N–C) groups is 2. The highest BCUT2D eigenvalue weighted by Crippen LogP contribution is 2.28. The molecule has 1 saturated heterocycles. The Hall–Kier alpha value is -2.23. The van der Waals surface area contributed by atoms with Crippen molar-refractivity contribution in [1.29, 1.82) is 0 Å². The number of hydrogen-bond acceptors (Lipinski definition) is 2. The van der Waals surface area contributed by atoms with Crippen LogP contribution in [0.15, 0.2) is 28.2 Å². The van der Waals surface area contributed by atoms with Gasteiger partial charge in [-0.3, -0.25) is 0 Å². The summed E-state index contributed by atoms with van der Waals surface area (Å²) in [5, 5.41) is 0. The van der Waals surface area contributed by atoms with Crippen LogP contribution in [0.1, 0.15) is 26.2 Å². The van der Waals surface area contributed by atoms with Crippen LogP contribution in [0.25, 0.3) is 0 Å². The molecule has 26 heavy (non-hydrogen) atoms. The Balaban J connectivity index is 0.00000338. The second-order valence-corrected chi connectivity index (χ2v) is 5.64. The summed E-state index contributed by atoms with van der Waals surface area (Å²) in [6, 6.07) is 2.94. The van der Waals surface area contributed by atoms with E-state index < -0.39 is 17.9 Å². The Morgan fingerprint density at radius 3 is 2.54 bits per heavy atom. The van der Waals surface area contributed by atoms with Crippen LogP contribution in [0.5, 0.6) is 5.75 Å². The fourth-order valence-electron chi connectivity index (χ4n) is 2.54. The molecular formula is C15H20ClF4N5O. The molecule has 0 saturated carbocycles. The minimum Gasteiger partial charge on any atom is -0.403 e. The second kappa shape index (κ2) is 8.93. The number of halogens is 5. The summed E-state index contributed by atoms with van der Waals surface area (Å²) < 4.78 is 53.5. The first kappa shape index (κ1) is 21.8. The summed E-state index contributed by atoms with van der Waals surface area (Å²) in [5.41, 5.74) is 11.6. The van der Waals surface area contributed by atoms with Crippen molar-refractivity contribution in [2.45, 2.75) is 38.6 Å². The molecule has 0 aliphatic carbocycles. The van der Waals surface area contributed by atoms with Crippen LogP contribution in [0, 0.1) is 5.82 Å². The Morgan fingerprint density at radius 1 is 1.27 bits per heavy atom. The molecule has 1 aromatic carbocycles. The van der Waals surface area contributed by atoms with Gasteiger partial charge in [0, 0.05) is 18.7 Å². The van der Waals surface area contributed by atoms with Gasteiger partial charge in [-0.05, 0) is 38.3 Å². The van der Waals surface area contributed by atoms with E-state index >= 15 is 0 Å². The van der Waals surface area contributed by atoms with E-state index in [4.69, 9.17) is 11.5 Å². The first-order valence-electron chi connectivity index (χ1n) is 7.66. The molecule has 1 aromatic rings. The van der Waals surface area contributed by atoms with Gasteiger partial charge in [-0.25, -0.2) is 9.38 Å². The van der Waals surface area contributed by atoms with E-state index in [1.807, 2.05) is 11.8 Å². The van der Waals surface area contributed by atoms with Crippen molar-refractivity contribution < 1.29 is 22.3 Å². The standard InChI is InChI=1S/C15H19F4N5O.ClH/c1-9-4-2-3-7-24(9)14(21)23-13(20)22-10-5-6-12(11(16)8-10)25-15(17,18)19;/h5-6,8-9H,2-4,7H2,1H3,(H4,20,21,22,23);1H. The summed E-state index contributed by atoms with van der Waals surface area (Å²) in [6.07, 6.45) is -1.89. The number of hydrogen-bond donors (Lipinski definition) is 2. The zero-order valence-electron chi connectivity index (χ0n) is 14.0. The van der Waals surface area contributed by atoms with Crippen LogP contribution in [-0.2, 0) is 0 Å². The highest BCUT2D eigenvalue weighted by Gasteiger charge is 2.32. The third-order valence-corrected chi connectivity index (χ3v) is 3.71. The van der Waals surface area contributed by atoms with E-state index in [0.29, 0.717) is 0 Å². The number of benzene rings is 1. The lowest BCUT2D eigenvalue weighted by Gasteiger charge is -2.34. The van der Waals surface area contributed by atoms with Crippen molar-refractivity contribution in [2.75, 3.05) is 6.54 Å². The molecule has 6 nitrogen and oxygen atoms in total. The van der Waals surface area contributed by atoms with E-state index in [1.54, 1.807) is 0 Å². The molecule has 0 amide bonds. The van der Waals surface area contributed by atoms with Gasteiger partial charge < -0.3 is 21.1 Å². The summed E-state index contributed by atoms with van der Waals surface area (Å²) in [5.74, 6) is -2.19. The Kier molecular flexibility index (Phi) is 7.49. The van der Waals surface area contributed by atoms with E-state index in [0.717, 1.165) is 44.0 Å². The van der Waals surface area contributed by atoms with Crippen molar-refractivity contribution in [2.24, 2.45) is 21.5 Å². The van der Waals surface area contributed by atoms with E-state index in [9.17, 15) is 17.6 Å². The molecule has 11 heteroatoms. The predicted octanol–water partition coefficient (Wildman–Crippen LogP) is 3.28. The topological polar surface area (TPSA) is 89.2 Å². The molecule has 0 spiro atoms. The Labute approximate surface area is 154 Å². The number of likely N-dealkylation sites (tertiary alicyclic amines) is 1. The number of ether oxygens (including phenoxy) is 1. The fourth-order valence-corrected chi connectivity index (χ4v) is 2.54. The second-order valence-electron chi connectivity index (χ2n) is 5.64. The third-order valence-electron chi connectivity index (χ3n) is 3.71. The number of guanidine groups is 2. The van der Waals surface area contributed by atoms with Crippen LogP contribution in [0.3, 0.4) is 0 Å². The van der Waals surface area contributed by atoms with E-state index in [-0.39, 0.29) is 36.1 Å². The number of nitrogens with two attached hydrogens (primary N) is 2. The molecule has 4 N–H and O–H groups in total. The van der Waals surface area contributed by atoms with E-state index in [1.165, 1.54) is 0 Å². The molecule has 0 bridgehead atoms. The maximum atomic E-state index is 13.6. The lowest BCUT2D eigenvalue weighted by Crippen LogP contribution is -2.46. The summed E-state index contributed by atoms with van der Waals surface area (Å²) in [6.45, 7) is 2.77. The van der Waals surface area contributed by atoms with Gasteiger partial charge in [-0.1, -0.05) is 0 Å². The maximum Gasteiger partial charge on any atom is 0.573 e. The van der Waals surface area contributed by atoms with Gasteiger partial charge in [0.2, 0.25) is 5.96 Å². The molecule has 0 aromatic heterocycles. The fraction of sp³-hybridized carbons (Fsp3) is 0.467. The first-order valence-corrected chi connectivity index (χ1v) is 7.66. The lowest BCUT2D eigenvalue weighted by atomic mass is 10.0. The van der Waals surface area contributed by atoms with Crippen LogP contribution in [-0.4, -0.2) is 35.8 Å². The van der Waals surface area contributed by atoms with Crippen molar-refractivity contribution in [1.82, 2.24) is 4.90 Å². The van der Waals surface area contributed by atoms with Crippen LogP contribution in [0.2, 0.25) is 0 Å². The molecular weight excluding hydrogens is 378 g/mol. The van der Waals surface area contributed by atoms with Crippen molar-refractivity contribution in [3.63, 3.8) is 0 Å². The Morgan fingerprint density at radius 2 is 1.96 bits per heavy atom. The van der Waals surface area contributed by atoms with Gasteiger partial charge in [-0.2, -0.15) is 4.99 Å². The normalized spacial score (nSPS) is 19.1. The zero-order valence-corrected chi connectivity index (χ0v) is 14.8. The van der Waals surface area contributed by atoms with Gasteiger partial charge in [0.05, 0.1) is 5.69 Å². The summed E-state index contributed by atoms with van der Waals surface area (Å²) in [7, 11) is 0. The molecule has 146 valence electrons. The van der Waals surface area contributed by atoms with Gasteiger partial charge in [-0.15, -0.1) is 25.6 Å². The van der Waals surface area contributed by atoms with Crippen LogP contribution < -0.4 is 16.2 Å². The zero-order chi connectivity index (χ0) is 18.6. The van der Waals surface area contributed by atoms with Crippen molar-refractivity contribution in [3.05, 3.63) is 24.0 Å². The minimum atomic E-state index is -4.98. The summed E-state index contributed by atoms with van der Waals surface area (Å²) in [4.78, 5) is 9.71. The van der Waals surface area contributed by atoms with Gasteiger partial charge in [0.1, 0.15) is 0 Å². The highest BCUT2D eigenvalue weighted by atomic mass is 35.5. The first-order chi connectivity index (χ1) is 11.7. The number of piperidine rings is 1. The lowest BCUT2D eigenvalue weighted by molar-refractivity contribution is -0.275. The molecule has 1 aliphatic rings. The molecule has 2 rings (SSSR count). The average Bonchev–Trinajstić information content (AvgIpc) is 2.49. The molecule has 1 aliphatic heterocycles. The van der Waals surface area contributed by atoms with Crippen LogP contribution in [0.4, 0.5) is 23.2 Å². The quantitative estimate of drug-likeness (QED) is 0.455. The van der Waals surface area contributed by atoms with Crippen molar-refractivity contribution in [3.8, 4) is 5.75 Å². The maximum absolute atomic E-state index is 13.6. The van der Waals surface area contributed by atoms with Crippen LogP contribution >= 0.6 is 12.4 Å². The van der Waals surface area contributed by atoms with Crippen molar-refractivity contribution >= 4 is 30.0 Å².